The van der Waals surface area contributed by atoms with Gasteiger partial charge in [0.25, 0.3) is 0 Å². The minimum absolute atomic E-state index is 0.950. The maximum Gasteiger partial charge on any atom is 0.0466 e. The predicted octanol–water partition coefficient (Wildman–Crippen LogP) is 3.59. The van der Waals surface area contributed by atoms with E-state index in [1.165, 1.54) is 38.5 Å². The molecule has 1 nitrogen and oxygen atoms in total. The van der Waals surface area contributed by atoms with E-state index in [-0.39, 0.29) is 0 Å². The van der Waals surface area contributed by atoms with Gasteiger partial charge in [0, 0.05) is 13.2 Å². The van der Waals surface area contributed by atoms with Crippen molar-refractivity contribution in [3.05, 3.63) is 6.92 Å². The first-order valence-corrected chi connectivity index (χ1v) is 5.28. The highest BCUT2D eigenvalue weighted by Gasteiger charge is 1.89. The van der Waals surface area contributed by atoms with Crippen molar-refractivity contribution in [2.75, 3.05) is 13.2 Å². The van der Waals surface area contributed by atoms with Gasteiger partial charge in [-0.05, 0) is 12.8 Å². The highest BCUT2D eigenvalue weighted by atomic mass is 16.5. The van der Waals surface area contributed by atoms with E-state index in [1.807, 2.05) is 0 Å². The Bertz CT molecular complexity index is 61.4. The smallest absolute Gasteiger partial charge is 0.0466 e. The molecule has 1 heteroatoms. The van der Waals surface area contributed by atoms with Crippen LogP contribution in [0.25, 0.3) is 0 Å². The standard InChI is InChI=1S/C11H23O/c1-3-5-7-8-9-11-12-10-6-4-2/h1,3-11H2,2H3. The molecule has 0 aromatic heterocycles. The van der Waals surface area contributed by atoms with Gasteiger partial charge in [-0.1, -0.05) is 46.0 Å². The van der Waals surface area contributed by atoms with Crippen molar-refractivity contribution in [1.82, 2.24) is 0 Å². The van der Waals surface area contributed by atoms with Crippen molar-refractivity contribution in [2.24, 2.45) is 0 Å². The van der Waals surface area contributed by atoms with E-state index in [0.717, 1.165) is 19.6 Å². The lowest BCUT2D eigenvalue weighted by molar-refractivity contribution is 0.127. The highest BCUT2D eigenvalue weighted by Crippen LogP contribution is 2.02. The summed E-state index contributed by atoms with van der Waals surface area (Å²) in [4.78, 5) is 0. The van der Waals surface area contributed by atoms with E-state index in [2.05, 4.69) is 13.8 Å². The van der Waals surface area contributed by atoms with Gasteiger partial charge < -0.3 is 4.74 Å². The van der Waals surface area contributed by atoms with Crippen molar-refractivity contribution in [2.45, 2.75) is 51.9 Å². The topological polar surface area (TPSA) is 9.23 Å². The summed E-state index contributed by atoms with van der Waals surface area (Å²) in [6, 6.07) is 0. The lowest BCUT2D eigenvalue weighted by Crippen LogP contribution is -1.96. The fourth-order valence-electron chi connectivity index (χ4n) is 1.08. The molecule has 0 aliphatic heterocycles. The molecule has 0 rings (SSSR count). The summed E-state index contributed by atoms with van der Waals surface area (Å²) in [7, 11) is 0. The van der Waals surface area contributed by atoms with Crippen molar-refractivity contribution in [1.29, 1.82) is 0 Å². The Balaban J connectivity index is 2.73. The molecule has 1 radical (unpaired) electrons. The first-order valence-electron chi connectivity index (χ1n) is 5.28. The molecule has 0 unspecified atom stereocenters. The molecule has 0 fully saturated rings. The largest absolute Gasteiger partial charge is 0.381 e. The van der Waals surface area contributed by atoms with Crippen LogP contribution in [0.2, 0.25) is 0 Å². The second-order valence-electron chi connectivity index (χ2n) is 3.23. The highest BCUT2D eigenvalue weighted by molar-refractivity contribution is 4.44. The first-order chi connectivity index (χ1) is 5.91. The molecule has 0 aliphatic rings. The van der Waals surface area contributed by atoms with Crippen molar-refractivity contribution in [3.63, 3.8) is 0 Å². The van der Waals surface area contributed by atoms with Gasteiger partial charge in [0.05, 0.1) is 0 Å². The Labute approximate surface area is 77.5 Å². The van der Waals surface area contributed by atoms with Gasteiger partial charge in [-0.15, -0.1) is 0 Å². The normalized spacial score (nSPS) is 10.5. The zero-order valence-corrected chi connectivity index (χ0v) is 8.48. The molecule has 0 atom stereocenters. The average molecular weight is 171 g/mol. The predicted molar refractivity (Wildman–Crippen MR) is 54.2 cm³/mol. The fourth-order valence-corrected chi connectivity index (χ4v) is 1.08. The molecule has 0 saturated heterocycles. The van der Waals surface area contributed by atoms with Gasteiger partial charge in [-0.25, -0.2) is 0 Å². The van der Waals surface area contributed by atoms with Gasteiger partial charge in [0.1, 0.15) is 0 Å². The van der Waals surface area contributed by atoms with Crippen molar-refractivity contribution >= 4 is 0 Å². The minimum Gasteiger partial charge on any atom is -0.381 e. The van der Waals surface area contributed by atoms with E-state index in [9.17, 15) is 0 Å². The molecule has 0 aromatic carbocycles. The second-order valence-corrected chi connectivity index (χ2v) is 3.23. The molecule has 0 aliphatic carbocycles. The molecule has 0 bridgehead atoms. The second kappa shape index (κ2) is 11.0. The zero-order chi connectivity index (χ0) is 9.07. The Hall–Kier alpha value is -0.0400. The Morgan fingerprint density at radius 3 is 2.25 bits per heavy atom. The lowest BCUT2D eigenvalue weighted by Gasteiger charge is -2.02. The maximum atomic E-state index is 5.44. The van der Waals surface area contributed by atoms with Crippen LogP contribution in [0.1, 0.15) is 51.9 Å². The number of ether oxygens (including phenoxy) is 1. The van der Waals surface area contributed by atoms with Gasteiger partial charge >= 0.3 is 0 Å². The maximum absolute atomic E-state index is 5.44. The van der Waals surface area contributed by atoms with Gasteiger partial charge in [0.2, 0.25) is 0 Å². The van der Waals surface area contributed by atoms with Crippen molar-refractivity contribution < 1.29 is 4.74 Å². The van der Waals surface area contributed by atoms with Gasteiger partial charge in [0.15, 0.2) is 0 Å². The minimum atomic E-state index is 0.950. The molecule has 73 valence electrons. The summed E-state index contributed by atoms with van der Waals surface area (Å²) in [5.74, 6) is 0. The Kier molecular flexibility index (Phi) is 10.9. The van der Waals surface area contributed by atoms with E-state index in [1.54, 1.807) is 0 Å². The van der Waals surface area contributed by atoms with E-state index in [0.29, 0.717) is 0 Å². The van der Waals surface area contributed by atoms with Crippen LogP contribution in [-0.2, 0) is 4.74 Å². The summed E-state index contributed by atoms with van der Waals surface area (Å²) in [5, 5.41) is 0. The van der Waals surface area contributed by atoms with Crippen LogP contribution in [-0.4, -0.2) is 13.2 Å². The summed E-state index contributed by atoms with van der Waals surface area (Å²) < 4.78 is 5.44. The Morgan fingerprint density at radius 2 is 1.58 bits per heavy atom. The monoisotopic (exact) mass is 171 g/mol. The molecule has 0 amide bonds. The lowest BCUT2D eigenvalue weighted by atomic mass is 10.2. The molecule has 0 aromatic rings. The van der Waals surface area contributed by atoms with E-state index < -0.39 is 0 Å². The molecule has 0 spiro atoms. The third-order valence-electron chi connectivity index (χ3n) is 1.93. The molecule has 12 heavy (non-hydrogen) atoms. The number of unbranched alkanes of at least 4 members (excludes halogenated alkanes) is 5. The summed E-state index contributed by atoms with van der Waals surface area (Å²) in [5.41, 5.74) is 0. The fraction of sp³-hybridized carbons (Fsp3) is 0.909. The van der Waals surface area contributed by atoms with Crippen LogP contribution < -0.4 is 0 Å². The van der Waals surface area contributed by atoms with Gasteiger partial charge in [-0.3, -0.25) is 0 Å². The molecule has 0 saturated carbocycles. The van der Waals surface area contributed by atoms with Crippen LogP contribution >= 0.6 is 0 Å². The van der Waals surface area contributed by atoms with Crippen LogP contribution in [0.15, 0.2) is 0 Å². The van der Waals surface area contributed by atoms with Crippen LogP contribution in [0, 0.1) is 6.92 Å². The Morgan fingerprint density at radius 1 is 0.917 bits per heavy atom. The molecule has 0 heterocycles. The summed E-state index contributed by atoms with van der Waals surface area (Å²) in [6.07, 6.45) is 8.65. The quantitative estimate of drug-likeness (QED) is 0.482. The average Bonchev–Trinajstić information content (AvgIpc) is 2.10. The number of hydrogen-bond donors (Lipinski definition) is 0. The third-order valence-corrected chi connectivity index (χ3v) is 1.93. The molecule has 0 N–H and O–H groups in total. The van der Waals surface area contributed by atoms with Gasteiger partial charge in [-0.2, -0.15) is 0 Å². The SMILES string of the molecule is [CH2]CCCCCCOCCCC. The first kappa shape index (κ1) is 12.0. The number of rotatable bonds is 9. The summed E-state index contributed by atoms with van der Waals surface area (Å²) in [6.45, 7) is 7.91. The van der Waals surface area contributed by atoms with Crippen molar-refractivity contribution in [3.8, 4) is 0 Å². The van der Waals surface area contributed by atoms with E-state index in [4.69, 9.17) is 4.74 Å². The summed E-state index contributed by atoms with van der Waals surface area (Å²) >= 11 is 0. The van der Waals surface area contributed by atoms with E-state index >= 15 is 0 Å². The third kappa shape index (κ3) is 9.96. The number of hydrogen-bond acceptors (Lipinski definition) is 1. The van der Waals surface area contributed by atoms with Crippen LogP contribution in [0.4, 0.5) is 0 Å². The molecular formula is C11H23O. The molecular weight excluding hydrogens is 148 g/mol. The van der Waals surface area contributed by atoms with Crippen LogP contribution in [0.5, 0.6) is 0 Å². The zero-order valence-electron chi connectivity index (χ0n) is 8.48. The van der Waals surface area contributed by atoms with Crippen LogP contribution in [0.3, 0.4) is 0 Å².